The highest BCUT2D eigenvalue weighted by atomic mass is 14.6. The van der Waals surface area contributed by atoms with Gasteiger partial charge in [0.15, 0.2) is 0 Å². The minimum Gasteiger partial charge on any atom is -0.398 e. The van der Waals surface area contributed by atoms with Crippen LogP contribution in [0.4, 0.5) is 11.4 Å². The lowest BCUT2D eigenvalue weighted by Gasteiger charge is -2.22. The summed E-state index contributed by atoms with van der Waals surface area (Å²) in [7, 11) is 0. The largest absolute Gasteiger partial charge is 0.398 e. The Labute approximate surface area is 134 Å². The highest BCUT2D eigenvalue weighted by Crippen LogP contribution is 2.37. The molecule has 0 fully saturated rings. The number of anilines is 2. The molecule has 1 atom stereocenters. The quantitative estimate of drug-likeness (QED) is 0.771. The van der Waals surface area contributed by atoms with E-state index >= 15 is 0 Å². The van der Waals surface area contributed by atoms with Crippen molar-refractivity contribution in [2.24, 2.45) is 5.92 Å². The van der Waals surface area contributed by atoms with Crippen molar-refractivity contribution in [2.75, 3.05) is 11.5 Å². The van der Waals surface area contributed by atoms with E-state index in [0.717, 1.165) is 35.3 Å². The maximum atomic E-state index is 6.50. The molecule has 0 aliphatic rings. The van der Waals surface area contributed by atoms with E-state index in [1.807, 2.05) is 6.07 Å². The van der Waals surface area contributed by atoms with E-state index in [2.05, 4.69) is 58.0 Å². The lowest BCUT2D eigenvalue weighted by molar-refractivity contribution is 0.525. The Hall–Kier alpha value is -1.96. The molecule has 0 heterocycles. The molecule has 2 rings (SSSR count). The predicted octanol–water partition coefficient (Wildman–Crippen LogP) is 4.90. The van der Waals surface area contributed by atoms with E-state index in [-0.39, 0.29) is 0 Å². The first-order valence-electron chi connectivity index (χ1n) is 8.11. The molecule has 0 aliphatic heterocycles. The monoisotopic (exact) mass is 296 g/mol. The molecule has 118 valence electrons. The Bertz CT molecular complexity index is 630. The van der Waals surface area contributed by atoms with Crippen LogP contribution in [0.5, 0.6) is 0 Å². The lowest BCUT2D eigenvalue weighted by Crippen LogP contribution is -2.11. The van der Waals surface area contributed by atoms with Crippen LogP contribution in [0.3, 0.4) is 0 Å². The van der Waals surface area contributed by atoms with Crippen molar-refractivity contribution in [1.29, 1.82) is 0 Å². The van der Waals surface area contributed by atoms with Crippen molar-refractivity contribution in [3.05, 3.63) is 58.7 Å². The molecule has 2 heteroatoms. The number of rotatable bonds is 5. The van der Waals surface area contributed by atoms with Gasteiger partial charge in [0.05, 0.1) is 0 Å². The summed E-state index contributed by atoms with van der Waals surface area (Å²) in [5, 5.41) is 0. The van der Waals surface area contributed by atoms with Crippen LogP contribution >= 0.6 is 0 Å². The Morgan fingerprint density at radius 2 is 1.59 bits per heavy atom. The molecular formula is C20H28N2. The number of hydrogen-bond acceptors (Lipinski definition) is 2. The summed E-state index contributed by atoms with van der Waals surface area (Å²) in [6.07, 6.45) is 1.96. The van der Waals surface area contributed by atoms with Gasteiger partial charge in [-0.15, -0.1) is 0 Å². The molecule has 22 heavy (non-hydrogen) atoms. The van der Waals surface area contributed by atoms with Crippen LogP contribution in [0.15, 0.2) is 36.4 Å². The van der Waals surface area contributed by atoms with E-state index < -0.39 is 0 Å². The summed E-state index contributed by atoms with van der Waals surface area (Å²) < 4.78 is 0. The van der Waals surface area contributed by atoms with Gasteiger partial charge >= 0.3 is 0 Å². The van der Waals surface area contributed by atoms with E-state index in [1.54, 1.807) is 0 Å². The molecule has 0 aromatic heterocycles. The van der Waals surface area contributed by atoms with Gasteiger partial charge in [-0.05, 0) is 48.3 Å². The summed E-state index contributed by atoms with van der Waals surface area (Å²) in [5.74, 6) is 1.02. The third kappa shape index (κ3) is 3.62. The summed E-state index contributed by atoms with van der Waals surface area (Å²) in [5.41, 5.74) is 19.3. The number of hydrogen-bond donors (Lipinski definition) is 2. The average molecular weight is 296 g/mol. The minimum absolute atomic E-state index is 0.384. The fourth-order valence-corrected chi connectivity index (χ4v) is 3.27. The fourth-order valence-electron chi connectivity index (χ4n) is 3.27. The molecule has 2 aromatic carbocycles. The number of aryl methyl sites for hydroxylation is 1. The van der Waals surface area contributed by atoms with Crippen LogP contribution in [-0.2, 0) is 6.42 Å². The summed E-state index contributed by atoms with van der Waals surface area (Å²) in [4.78, 5) is 0. The molecule has 0 amide bonds. The average Bonchev–Trinajstić information content (AvgIpc) is 2.45. The standard InChI is InChI=1S/C20H28N2/c1-13(2)10-14(3)18-19(21)15(4)11-17(20(18)22)12-16-8-6-5-7-9-16/h5-9,11,13-14H,10,12,21-22H2,1-4H3. The minimum atomic E-state index is 0.384. The molecule has 0 saturated carbocycles. The first kappa shape index (κ1) is 16.4. The Morgan fingerprint density at radius 1 is 0.955 bits per heavy atom. The molecular weight excluding hydrogens is 268 g/mol. The van der Waals surface area contributed by atoms with E-state index in [1.165, 1.54) is 11.1 Å². The van der Waals surface area contributed by atoms with Crippen molar-refractivity contribution >= 4 is 11.4 Å². The van der Waals surface area contributed by atoms with Crippen molar-refractivity contribution in [3.8, 4) is 0 Å². The molecule has 1 unspecified atom stereocenters. The van der Waals surface area contributed by atoms with Crippen LogP contribution in [-0.4, -0.2) is 0 Å². The molecule has 0 saturated heterocycles. The van der Waals surface area contributed by atoms with Crippen LogP contribution in [0.25, 0.3) is 0 Å². The second kappa shape index (κ2) is 6.87. The van der Waals surface area contributed by atoms with Crippen molar-refractivity contribution in [2.45, 2.75) is 46.5 Å². The summed E-state index contributed by atoms with van der Waals surface area (Å²) in [6, 6.07) is 12.6. The summed E-state index contributed by atoms with van der Waals surface area (Å²) in [6.45, 7) is 8.79. The van der Waals surface area contributed by atoms with Gasteiger partial charge in [0.1, 0.15) is 0 Å². The fraction of sp³-hybridized carbons (Fsp3) is 0.400. The number of benzene rings is 2. The topological polar surface area (TPSA) is 52.0 Å². The third-order valence-electron chi connectivity index (χ3n) is 4.30. The van der Waals surface area contributed by atoms with Gasteiger partial charge in [0.25, 0.3) is 0 Å². The van der Waals surface area contributed by atoms with Crippen LogP contribution < -0.4 is 11.5 Å². The molecule has 0 bridgehead atoms. The maximum Gasteiger partial charge on any atom is 0.0406 e. The van der Waals surface area contributed by atoms with Crippen molar-refractivity contribution < 1.29 is 0 Å². The number of nitrogen functional groups attached to an aromatic ring is 2. The van der Waals surface area contributed by atoms with E-state index in [0.29, 0.717) is 11.8 Å². The molecule has 4 N–H and O–H groups in total. The third-order valence-corrected chi connectivity index (χ3v) is 4.30. The predicted molar refractivity (Wildman–Crippen MR) is 97.1 cm³/mol. The zero-order valence-electron chi connectivity index (χ0n) is 14.2. The van der Waals surface area contributed by atoms with Crippen LogP contribution in [0.1, 0.15) is 55.4 Å². The first-order valence-corrected chi connectivity index (χ1v) is 8.11. The Balaban J connectivity index is 2.42. The lowest BCUT2D eigenvalue weighted by atomic mass is 9.86. The zero-order valence-corrected chi connectivity index (χ0v) is 14.2. The smallest absolute Gasteiger partial charge is 0.0406 e. The van der Waals surface area contributed by atoms with E-state index in [4.69, 9.17) is 11.5 Å². The molecule has 0 radical (unpaired) electrons. The number of nitrogens with two attached hydrogens (primary N) is 2. The van der Waals surface area contributed by atoms with Gasteiger partial charge in [0, 0.05) is 16.9 Å². The molecule has 2 aromatic rings. The Kier molecular flexibility index (Phi) is 5.12. The van der Waals surface area contributed by atoms with Crippen LogP contribution in [0.2, 0.25) is 0 Å². The van der Waals surface area contributed by atoms with Gasteiger partial charge in [0.2, 0.25) is 0 Å². The normalized spacial score (nSPS) is 12.6. The SMILES string of the molecule is Cc1cc(Cc2ccccc2)c(N)c(C(C)CC(C)C)c1N. The van der Waals surface area contributed by atoms with Gasteiger partial charge in [-0.2, -0.15) is 0 Å². The second-order valence-electron chi connectivity index (χ2n) is 6.79. The van der Waals surface area contributed by atoms with Crippen molar-refractivity contribution in [1.82, 2.24) is 0 Å². The highest BCUT2D eigenvalue weighted by molar-refractivity contribution is 5.70. The van der Waals surface area contributed by atoms with Gasteiger partial charge in [-0.3, -0.25) is 0 Å². The van der Waals surface area contributed by atoms with Gasteiger partial charge in [-0.25, -0.2) is 0 Å². The highest BCUT2D eigenvalue weighted by Gasteiger charge is 2.18. The maximum absolute atomic E-state index is 6.50. The molecule has 2 nitrogen and oxygen atoms in total. The first-order chi connectivity index (χ1) is 10.4. The molecule has 0 spiro atoms. The molecule has 0 aliphatic carbocycles. The zero-order chi connectivity index (χ0) is 16.3. The summed E-state index contributed by atoms with van der Waals surface area (Å²) >= 11 is 0. The Morgan fingerprint density at radius 3 is 2.18 bits per heavy atom. The van der Waals surface area contributed by atoms with Crippen molar-refractivity contribution in [3.63, 3.8) is 0 Å². The van der Waals surface area contributed by atoms with Crippen LogP contribution in [0, 0.1) is 12.8 Å². The van der Waals surface area contributed by atoms with Gasteiger partial charge < -0.3 is 11.5 Å². The second-order valence-corrected chi connectivity index (χ2v) is 6.79. The van der Waals surface area contributed by atoms with E-state index in [9.17, 15) is 0 Å². The van der Waals surface area contributed by atoms with Gasteiger partial charge in [-0.1, -0.05) is 57.2 Å².